The number of rotatable bonds is 4. The van der Waals surface area contributed by atoms with E-state index in [9.17, 15) is 4.39 Å². The number of halogens is 2. The lowest BCUT2D eigenvalue weighted by Crippen LogP contribution is -2.02. The van der Waals surface area contributed by atoms with Crippen molar-refractivity contribution >= 4 is 27.4 Å². The van der Waals surface area contributed by atoms with Crippen LogP contribution in [0.25, 0.3) is 16.9 Å². The van der Waals surface area contributed by atoms with Gasteiger partial charge in [0.15, 0.2) is 0 Å². The summed E-state index contributed by atoms with van der Waals surface area (Å²) in [6, 6.07) is 13.8. The number of fused-ring (bicyclic) bond motifs is 1. The highest BCUT2D eigenvalue weighted by Gasteiger charge is 2.04. The van der Waals surface area contributed by atoms with Crippen molar-refractivity contribution in [2.45, 2.75) is 6.54 Å². The first-order valence-corrected chi connectivity index (χ1v) is 8.43. The Morgan fingerprint density at radius 3 is 2.56 bits per heavy atom. The molecule has 124 valence electrons. The highest BCUT2D eigenvalue weighted by atomic mass is 79.9. The molecule has 25 heavy (non-hydrogen) atoms. The van der Waals surface area contributed by atoms with Crippen LogP contribution in [0.1, 0.15) is 5.69 Å². The molecule has 4 rings (SSSR count). The second-order valence-corrected chi connectivity index (χ2v) is 6.42. The van der Waals surface area contributed by atoms with E-state index in [1.807, 2.05) is 41.1 Å². The number of aromatic nitrogens is 4. The molecule has 0 fully saturated rings. The average molecular weight is 398 g/mol. The minimum Gasteiger partial charge on any atom is -0.363 e. The van der Waals surface area contributed by atoms with Crippen LogP contribution in [0.3, 0.4) is 0 Å². The van der Waals surface area contributed by atoms with Gasteiger partial charge in [0.25, 0.3) is 0 Å². The smallest absolute Gasteiger partial charge is 0.149 e. The van der Waals surface area contributed by atoms with Gasteiger partial charge in [0.1, 0.15) is 17.3 Å². The first-order valence-electron chi connectivity index (χ1n) is 7.64. The highest BCUT2D eigenvalue weighted by molar-refractivity contribution is 9.10. The molecule has 1 N–H and O–H groups in total. The summed E-state index contributed by atoms with van der Waals surface area (Å²) in [7, 11) is 0. The zero-order valence-electron chi connectivity index (χ0n) is 13.0. The number of nitrogens with one attached hydrogen (secondary N) is 1. The van der Waals surface area contributed by atoms with Gasteiger partial charge in [-0.1, -0.05) is 0 Å². The molecule has 0 aliphatic rings. The molecule has 0 saturated carbocycles. The number of nitrogens with zero attached hydrogens (tertiary/aromatic N) is 4. The Kier molecular flexibility index (Phi) is 4.15. The molecular formula is C18H13BrFN5. The minimum atomic E-state index is -0.269. The van der Waals surface area contributed by atoms with Crippen LogP contribution in [0, 0.1) is 5.82 Å². The van der Waals surface area contributed by atoms with E-state index >= 15 is 0 Å². The number of hydrogen-bond donors (Lipinski definition) is 1. The molecule has 1 aromatic carbocycles. The molecule has 0 saturated heterocycles. The quantitative estimate of drug-likeness (QED) is 0.557. The van der Waals surface area contributed by atoms with Crippen LogP contribution < -0.4 is 5.32 Å². The molecule has 0 aliphatic heterocycles. The van der Waals surface area contributed by atoms with Gasteiger partial charge in [0.05, 0.1) is 17.9 Å². The summed E-state index contributed by atoms with van der Waals surface area (Å²) in [5.74, 6) is 0.388. The van der Waals surface area contributed by atoms with E-state index in [2.05, 4.69) is 36.4 Å². The van der Waals surface area contributed by atoms with E-state index in [0.29, 0.717) is 18.1 Å². The van der Waals surface area contributed by atoms with Crippen LogP contribution in [-0.2, 0) is 6.54 Å². The molecule has 0 unspecified atom stereocenters. The van der Waals surface area contributed by atoms with Gasteiger partial charge in [-0.05, 0) is 64.5 Å². The fourth-order valence-corrected chi connectivity index (χ4v) is 2.84. The number of benzene rings is 1. The number of hydrogen-bond acceptors (Lipinski definition) is 4. The summed E-state index contributed by atoms with van der Waals surface area (Å²) in [4.78, 5) is 4.54. The van der Waals surface area contributed by atoms with Gasteiger partial charge < -0.3 is 9.72 Å². The zero-order chi connectivity index (χ0) is 17.2. The Morgan fingerprint density at radius 1 is 0.960 bits per heavy atom. The van der Waals surface area contributed by atoms with Gasteiger partial charge in [0.2, 0.25) is 0 Å². The van der Waals surface area contributed by atoms with Crippen molar-refractivity contribution in [2.24, 2.45) is 0 Å². The van der Waals surface area contributed by atoms with Crippen molar-refractivity contribution in [1.29, 1.82) is 0 Å². The molecule has 0 spiro atoms. The Morgan fingerprint density at radius 2 is 1.80 bits per heavy atom. The second kappa shape index (κ2) is 6.60. The maximum Gasteiger partial charge on any atom is 0.149 e. The Balaban J connectivity index is 1.46. The van der Waals surface area contributed by atoms with Crippen LogP contribution in [0.2, 0.25) is 0 Å². The first kappa shape index (κ1) is 15.7. The molecular weight excluding hydrogens is 385 g/mol. The summed E-state index contributed by atoms with van der Waals surface area (Å²) in [6.45, 7) is 0.546. The maximum absolute atomic E-state index is 13.0. The van der Waals surface area contributed by atoms with E-state index in [0.717, 1.165) is 21.4 Å². The third-order valence-corrected chi connectivity index (χ3v) is 4.19. The third kappa shape index (κ3) is 3.51. The van der Waals surface area contributed by atoms with Crippen LogP contribution in [0.15, 0.2) is 65.4 Å². The topological polar surface area (TPSA) is 55.1 Å². The van der Waals surface area contributed by atoms with Crippen LogP contribution in [0.4, 0.5) is 10.2 Å². The van der Waals surface area contributed by atoms with Gasteiger partial charge in [-0.15, -0.1) is 10.2 Å². The van der Waals surface area contributed by atoms with E-state index in [-0.39, 0.29) is 5.82 Å². The molecule has 0 atom stereocenters. The van der Waals surface area contributed by atoms with Crippen LogP contribution >= 0.6 is 15.9 Å². The lowest BCUT2D eigenvalue weighted by molar-refractivity contribution is 0.628. The molecule has 0 radical (unpaired) electrons. The van der Waals surface area contributed by atoms with Gasteiger partial charge >= 0.3 is 0 Å². The summed E-state index contributed by atoms with van der Waals surface area (Å²) >= 11 is 3.44. The zero-order valence-corrected chi connectivity index (χ0v) is 14.6. The molecule has 7 heteroatoms. The molecule has 5 nitrogen and oxygen atoms in total. The maximum atomic E-state index is 13.0. The average Bonchev–Trinajstić information content (AvgIpc) is 3.03. The predicted octanol–water partition coefficient (Wildman–Crippen LogP) is 4.31. The summed E-state index contributed by atoms with van der Waals surface area (Å²) in [5.41, 5.74) is 3.31. The Hall–Kier alpha value is -2.80. The van der Waals surface area contributed by atoms with Crippen molar-refractivity contribution < 1.29 is 4.39 Å². The van der Waals surface area contributed by atoms with Crippen molar-refractivity contribution in [1.82, 2.24) is 19.6 Å². The monoisotopic (exact) mass is 397 g/mol. The number of pyridine rings is 1. The lowest BCUT2D eigenvalue weighted by Gasteiger charge is -2.04. The normalized spacial score (nSPS) is 11.0. The molecule has 0 amide bonds. The summed E-state index contributed by atoms with van der Waals surface area (Å²) in [5, 5.41) is 11.5. The molecule has 4 aromatic rings. The van der Waals surface area contributed by atoms with E-state index in [1.165, 1.54) is 12.1 Å². The largest absolute Gasteiger partial charge is 0.363 e. The van der Waals surface area contributed by atoms with Crippen LogP contribution in [0.5, 0.6) is 0 Å². The van der Waals surface area contributed by atoms with Gasteiger partial charge in [-0.25, -0.2) is 9.37 Å². The van der Waals surface area contributed by atoms with E-state index < -0.39 is 0 Å². The summed E-state index contributed by atoms with van der Waals surface area (Å²) < 4.78 is 15.9. The molecule has 3 aromatic heterocycles. The minimum absolute atomic E-state index is 0.269. The standard InChI is InChI=1S/C18H13BrFN5/c19-13-3-8-18-22-15(11-25(18)10-13)9-21-17-7-6-16(23-24-17)12-1-4-14(20)5-2-12/h1-8,10-11H,9H2,(H,21,24). The van der Waals surface area contributed by atoms with Crippen LogP contribution in [-0.4, -0.2) is 19.6 Å². The van der Waals surface area contributed by atoms with Crippen molar-refractivity contribution in [3.8, 4) is 11.3 Å². The number of anilines is 1. The third-order valence-electron chi connectivity index (χ3n) is 3.72. The highest BCUT2D eigenvalue weighted by Crippen LogP contribution is 2.18. The fraction of sp³-hybridized carbons (Fsp3) is 0.0556. The Labute approximate surface area is 151 Å². The summed E-state index contributed by atoms with van der Waals surface area (Å²) in [6.07, 6.45) is 3.93. The fourth-order valence-electron chi connectivity index (χ4n) is 2.48. The SMILES string of the molecule is Fc1ccc(-c2ccc(NCc3cn4cc(Br)ccc4n3)nn2)cc1. The lowest BCUT2D eigenvalue weighted by atomic mass is 10.1. The van der Waals surface area contributed by atoms with Crippen molar-refractivity contribution in [3.63, 3.8) is 0 Å². The van der Waals surface area contributed by atoms with Gasteiger partial charge in [0, 0.05) is 22.4 Å². The second-order valence-electron chi connectivity index (χ2n) is 5.51. The number of imidazole rings is 1. The molecule has 0 bridgehead atoms. The first-order chi connectivity index (χ1) is 12.2. The predicted molar refractivity (Wildman–Crippen MR) is 97.6 cm³/mol. The molecule has 0 aliphatic carbocycles. The van der Waals surface area contributed by atoms with Crippen molar-refractivity contribution in [3.05, 3.63) is 76.9 Å². The Bertz CT molecular complexity index is 1010. The van der Waals surface area contributed by atoms with Gasteiger partial charge in [-0.2, -0.15) is 0 Å². The molecule has 3 heterocycles. The van der Waals surface area contributed by atoms with Gasteiger partial charge in [-0.3, -0.25) is 0 Å². The van der Waals surface area contributed by atoms with E-state index in [1.54, 1.807) is 12.1 Å². The van der Waals surface area contributed by atoms with E-state index in [4.69, 9.17) is 0 Å². The van der Waals surface area contributed by atoms with Crippen molar-refractivity contribution in [2.75, 3.05) is 5.32 Å².